The molecule has 172 valence electrons. The lowest BCUT2D eigenvalue weighted by atomic mass is 10.2. The van der Waals surface area contributed by atoms with Gasteiger partial charge in [-0.3, -0.25) is 0 Å². The van der Waals surface area contributed by atoms with Crippen molar-refractivity contribution < 1.29 is 9.15 Å². The molecular weight excluding hydrogens is 454 g/mol. The minimum atomic E-state index is 0.216. The minimum Gasteiger partial charge on any atom is -0.459 e. The summed E-state index contributed by atoms with van der Waals surface area (Å²) in [5.41, 5.74) is 1.70. The number of ether oxygens (including phenoxy) is 1. The molecule has 0 amide bonds. The monoisotopic (exact) mass is 475 g/mol. The van der Waals surface area contributed by atoms with Crippen LogP contribution in [-0.2, 0) is 11.3 Å². The zero-order chi connectivity index (χ0) is 23.2. The lowest BCUT2D eigenvalue weighted by molar-refractivity contribution is 0.122. The summed E-state index contributed by atoms with van der Waals surface area (Å²) in [5, 5.41) is 12.3. The molecule has 2 aromatic heterocycles. The Bertz CT molecular complexity index is 1270. The highest BCUT2D eigenvalue weighted by Gasteiger charge is 2.17. The van der Waals surface area contributed by atoms with Gasteiger partial charge in [-0.25, -0.2) is 0 Å². The topological polar surface area (TPSA) is 101 Å². The number of benzene rings is 2. The fraction of sp³-hybridized carbons (Fsp3) is 0.208. The van der Waals surface area contributed by atoms with Crippen molar-refractivity contribution in [2.75, 3.05) is 36.5 Å². The third-order valence-corrected chi connectivity index (χ3v) is 5.45. The Morgan fingerprint density at radius 2 is 1.71 bits per heavy atom. The van der Waals surface area contributed by atoms with E-state index in [1.54, 1.807) is 0 Å². The Hall–Kier alpha value is -3.82. The SMILES string of the molecule is Clc1ccccc1-c1ccc(CN=Nc2nc(Nc3ccccc3)nc(N3CCOCC3)n2)o1. The number of azo groups is 1. The summed E-state index contributed by atoms with van der Waals surface area (Å²) in [6, 6.07) is 20.9. The van der Waals surface area contributed by atoms with Crippen LogP contribution in [0.3, 0.4) is 0 Å². The number of rotatable bonds is 7. The van der Waals surface area contributed by atoms with E-state index in [9.17, 15) is 0 Å². The van der Waals surface area contributed by atoms with Gasteiger partial charge >= 0.3 is 0 Å². The van der Waals surface area contributed by atoms with Crippen molar-refractivity contribution in [2.45, 2.75) is 6.54 Å². The zero-order valence-corrected chi connectivity index (χ0v) is 19.0. The molecule has 0 radical (unpaired) electrons. The molecule has 2 aromatic carbocycles. The predicted molar refractivity (Wildman–Crippen MR) is 130 cm³/mol. The molecule has 1 saturated heterocycles. The summed E-state index contributed by atoms with van der Waals surface area (Å²) in [5.74, 6) is 2.48. The summed E-state index contributed by atoms with van der Waals surface area (Å²) in [6.45, 7) is 2.88. The minimum absolute atomic E-state index is 0.216. The maximum atomic E-state index is 6.26. The molecule has 0 saturated carbocycles. The van der Waals surface area contributed by atoms with E-state index in [0.717, 1.165) is 11.3 Å². The van der Waals surface area contributed by atoms with Crippen molar-refractivity contribution in [2.24, 2.45) is 10.2 Å². The molecule has 0 bridgehead atoms. The molecule has 0 unspecified atom stereocenters. The molecular formula is C24H22ClN7O2. The Morgan fingerprint density at radius 3 is 2.53 bits per heavy atom. The van der Waals surface area contributed by atoms with Crippen LogP contribution in [0.15, 0.2) is 81.4 Å². The van der Waals surface area contributed by atoms with E-state index in [1.807, 2.05) is 71.6 Å². The van der Waals surface area contributed by atoms with Gasteiger partial charge in [-0.1, -0.05) is 41.9 Å². The second-order valence-electron chi connectivity index (χ2n) is 7.49. The van der Waals surface area contributed by atoms with Crippen LogP contribution >= 0.6 is 11.6 Å². The predicted octanol–water partition coefficient (Wildman–Crippen LogP) is 5.65. The Balaban J connectivity index is 1.35. The van der Waals surface area contributed by atoms with Gasteiger partial charge in [0.05, 0.1) is 18.2 Å². The van der Waals surface area contributed by atoms with Gasteiger partial charge in [0.1, 0.15) is 18.1 Å². The molecule has 1 N–H and O–H groups in total. The van der Waals surface area contributed by atoms with Gasteiger partial charge in [0.25, 0.3) is 5.95 Å². The number of para-hydroxylation sites is 1. The molecule has 9 nitrogen and oxygen atoms in total. The standard InChI is InChI=1S/C24H22ClN7O2/c25-20-9-5-4-8-19(20)21-11-10-18(34-21)16-26-31-23-28-22(27-17-6-2-1-3-7-17)29-24(30-23)32-12-14-33-15-13-32/h1-11H,12-16H2,(H,27,28,29,30). The number of hydrogen-bond acceptors (Lipinski definition) is 9. The van der Waals surface area contributed by atoms with E-state index in [4.69, 9.17) is 20.8 Å². The summed E-state index contributed by atoms with van der Waals surface area (Å²) in [4.78, 5) is 15.5. The maximum absolute atomic E-state index is 6.26. The van der Waals surface area contributed by atoms with E-state index >= 15 is 0 Å². The van der Waals surface area contributed by atoms with Gasteiger partial charge in [0, 0.05) is 24.3 Å². The highest BCUT2D eigenvalue weighted by Crippen LogP contribution is 2.29. The van der Waals surface area contributed by atoms with Crippen molar-refractivity contribution in [3.05, 3.63) is 77.5 Å². The maximum Gasteiger partial charge on any atom is 0.275 e. The number of nitrogens with one attached hydrogen (secondary N) is 1. The Labute approximate surface area is 201 Å². The van der Waals surface area contributed by atoms with Crippen LogP contribution in [0.2, 0.25) is 5.02 Å². The van der Waals surface area contributed by atoms with Crippen LogP contribution < -0.4 is 10.2 Å². The second-order valence-corrected chi connectivity index (χ2v) is 7.90. The molecule has 1 aliphatic rings. The number of halogens is 1. The van der Waals surface area contributed by atoms with Gasteiger partial charge in [-0.2, -0.15) is 20.1 Å². The van der Waals surface area contributed by atoms with Crippen LogP contribution in [0.1, 0.15) is 5.76 Å². The summed E-state index contributed by atoms with van der Waals surface area (Å²) in [7, 11) is 0. The largest absolute Gasteiger partial charge is 0.459 e. The van der Waals surface area contributed by atoms with E-state index in [-0.39, 0.29) is 12.5 Å². The van der Waals surface area contributed by atoms with E-state index in [1.165, 1.54) is 0 Å². The molecule has 4 aromatic rings. The summed E-state index contributed by atoms with van der Waals surface area (Å²) in [6.07, 6.45) is 0. The number of nitrogens with zero attached hydrogens (tertiary/aromatic N) is 6. The third kappa shape index (κ3) is 5.38. The smallest absolute Gasteiger partial charge is 0.275 e. The van der Waals surface area contributed by atoms with Gasteiger partial charge in [0.2, 0.25) is 11.9 Å². The summed E-state index contributed by atoms with van der Waals surface area (Å²) >= 11 is 6.26. The fourth-order valence-corrected chi connectivity index (χ4v) is 3.68. The molecule has 1 aliphatic heterocycles. The molecule has 0 atom stereocenters. The van der Waals surface area contributed by atoms with Gasteiger partial charge in [0.15, 0.2) is 0 Å². The van der Waals surface area contributed by atoms with Crippen LogP contribution in [-0.4, -0.2) is 41.3 Å². The molecule has 0 spiro atoms. The van der Waals surface area contributed by atoms with Crippen LogP contribution in [0, 0.1) is 0 Å². The molecule has 1 fully saturated rings. The number of morpholine rings is 1. The number of aromatic nitrogens is 3. The Kier molecular flexibility index (Phi) is 6.73. The van der Waals surface area contributed by atoms with E-state index in [0.29, 0.717) is 54.7 Å². The molecule has 3 heterocycles. The van der Waals surface area contributed by atoms with Crippen LogP contribution in [0.5, 0.6) is 0 Å². The lowest BCUT2D eigenvalue weighted by Crippen LogP contribution is -2.37. The van der Waals surface area contributed by atoms with E-state index in [2.05, 4.69) is 30.5 Å². The van der Waals surface area contributed by atoms with E-state index < -0.39 is 0 Å². The number of hydrogen-bond donors (Lipinski definition) is 1. The normalized spacial score (nSPS) is 14.0. The average Bonchev–Trinajstić information content (AvgIpc) is 3.34. The molecule has 0 aliphatic carbocycles. The summed E-state index contributed by atoms with van der Waals surface area (Å²) < 4.78 is 11.3. The fourth-order valence-electron chi connectivity index (χ4n) is 3.45. The van der Waals surface area contributed by atoms with Crippen molar-refractivity contribution in [1.82, 2.24) is 15.0 Å². The number of furan rings is 1. The third-order valence-electron chi connectivity index (χ3n) is 5.12. The average molecular weight is 476 g/mol. The first-order chi connectivity index (χ1) is 16.7. The van der Waals surface area contributed by atoms with Crippen molar-refractivity contribution in [3.63, 3.8) is 0 Å². The van der Waals surface area contributed by atoms with Crippen molar-refractivity contribution in [1.29, 1.82) is 0 Å². The van der Waals surface area contributed by atoms with Gasteiger partial charge in [-0.05, 0) is 36.4 Å². The number of anilines is 3. The van der Waals surface area contributed by atoms with Crippen molar-refractivity contribution >= 4 is 35.1 Å². The quantitative estimate of drug-likeness (QED) is 0.344. The van der Waals surface area contributed by atoms with Crippen molar-refractivity contribution in [3.8, 4) is 11.3 Å². The first kappa shape index (κ1) is 22.0. The molecule has 34 heavy (non-hydrogen) atoms. The lowest BCUT2D eigenvalue weighted by Gasteiger charge is -2.26. The first-order valence-corrected chi connectivity index (χ1v) is 11.2. The molecule has 10 heteroatoms. The van der Waals surface area contributed by atoms with Gasteiger partial charge < -0.3 is 19.4 Å². The van der Waals surface area contributed by atoms with Crippen LogP contribution in [0.25, 0.3) is 11.3 Å². The Morgan fingerprint density at radius 1 is 0.912 bits per heavy atom. The van der Waals surface area contributed by atoms with Gasteiger partial charge in [-0.15, -0.1) is 5.11 Å². The zero-order valence-electron chi connectivity index (χ0n) is 18.3. The second kappa shape index (κ2) is 10.4. The highest BCUT2D eigenvalue weighted by atomic mass is 35.5. The highest BCUT2D eigenvalue weighted by molar-refractivity contribution is 6.33. The molecule has 5 rings (SSSR count). The first-order valence-electron chi connectivity index (χ1n) is 10.9. The van der Waals surface area contributed by atoms with Crippen LogP contribution in [0.4, 0.5) is 23.5 Å².